The Hall–Kier alpha value is -1.40. The molecule has 0 heterocycles. The number of nitrogens with one attached hydrogen (secondary N) is 1. The van der Waals surface area contributed by atoms with E-state index < -0.39 is 20.6 Å². The van der Waals surface area contributed by atoms with E-state index in [0.29, 0.717) is 13.0 Å². The molecule has 0 aliphatic rings. The third-order valence-electron chi connectivity index (χ3n) is 3.80. The number of benzene rings is 1. The van der Waals surface area contributed by atoms with Gasteiger partial charge in [0, 0.05) is 6.04 Å². The first-order valence-corrected chi connectivity index (χ1v) is 9.91. The van der Waals surface area contributed by atoms with Gasteiger partial charge in [-0.2, -0.15) is 0 Å². The van der Waals surface area contributed by atoms with E-state index in [4.69, 9.17) is 4.74 Å². The molecule has 0 fully saturated rings. The van der Waals surface area contributed by atoms with Crippen LogP contribution in [0.3, 0.4) is 0 Å². The van der Waals surface area contributed by atoms with Crippen molar-refractivity contribution in [2.45, 2.75) is 57.9 Å². The first-order chi connectivity index (χ1) is 11.1. The van der Waals surface area contributed by atoms with Crippen LogP contribution in [0, 0.1) is 0 Å². The molecule has 2 atom stereocenters. The lowest BCUT2D eigenvalue weighted by Gasteiger charge is -2.26. The van der Waals surface area contributed by atoms with Crippen LogP contribution in [0.1, 0.15) is 40.2 Å². The van der Waals surface area contributed by atoms with Crippen molar-refractivity contribution in [2.75, 3.05) is 12.4 Å². The Morgan fingerprint density at radius 1 is 1.21 bits per heavy atom. The summed E-state index contributed by atoms with van der Waals surface area (Å²) >= 11 is 0. The molecule has 5 nitrogen and oxygen atoms in total. The van der Waals surface area contributed by atoms with Gasteiger partial charge in [0.2, 0.25) is 0 Å². The summed E-state index contributed by atoms with van der Waals surface area (Å²) in [4.78, 5) is 11.9. The van der Waals surface area contributed by atoms with Gasteiger partial charge >= 0.3 is 5.97 Å². The third kappa shape index (κ3) is 6.24. The lowest BCUT2D eigenvalue weighted by atomic mass is 10.1. The molecule has 0 saturated carbocycles. The third-order valence-corrected chi connectivity index (χ3v) is 6.51. The minimum absolute atomic E-state index is 0.0326. The minimum Gasteiger partial charge on any atom is -0.465 e. The topological polar surface area (TPSA) is 72.5 Å². The van der Waals surface area contributed by atoms with Gasteiger partial charge in [-0.25, -0.2) is 8.42 Å². The predicted octanol–water partition coefficient (Wildman–Crippen LogP) is 2.35. The van der Waals surface area contributed by atoms with Gasteiger partial charge in [-0.3, -0.25) is 4.79 Å². The number of ether oxygens (including phenoxy) is 1. The van der Waals surface area contributed by atoms with Gasteiger partial charge < -0.3 is 10.1 Å². The molecule has 1 aromatic rings. The van der Waals surface area contributed by atoms with Crippen molar-refractivity contribution < 1.29 is 17.9 Å². The second-order valence-electron chi connectivity index (χ2n) is 6.92. The van der Waals surface area contributed by atoms with Crippen molar-refractivity contribution >= 4 is 15.8 Å². The van der Waals surface area contributed by atoms with Crippen LogP contribution in [0.4, 0.5) is 0 Å². The van der Waals surface area contributed by atoms with Gasteiger partial charge in [0.15, 0.2) is 9.84 Å². The number of rotatable bonds is 8. The zero-order valence-electron chi connectivity index (χ0n) is 15.2. The summed E-state index contributed by atoms with van der Waals surface area (Å²) in [5.74, 6) is -0.404. The zero-order chi connectivity index (χ0) is 18.4. The maximum Gasteiger partial charge on any atom is 0.322 e. The maximum absolute atomic E-state index is 12.6. The van der Waals surface area contributed by atoms with Crippen molar-refractivity contribution in [1.82, 2.24) is 5.32 Å². The Balaban J connectivity index is 2.93. The van der Waals surface area contributed by atoms with Crippen LogP contribution in [0.5, 0.6) is 0 Å². The molecular weight excluding hydrogens is 326 g/mol. The number of carbonyl (C=O) groups excluding carboxylic acids is 1. The number of carbonyl (C=O) groups is 1. The summed E-state index contributed by atoms with van der Waals surface area (Å²) in [5, 5.41) is 3.12. The van der Waals surface area contributed by atoms with E-state index in [-0.39, 0.29) is 17.8 Å². The molecule has 0 radical (unpaired) electrons. The highest BCUT2D eigenvalue weighted by Crippen LogP contribution is 2.18. The molecule has 0 saturated heterocycles. The molecule has 1 rings (SSSR count). The van der Waals surface area contributed by atoms with Crippen LogP contribution in [-0.4, -0.2) is 43.6 Å². The van der Waals surface area contributed by atoms with E-state index in [2.05, 4.69) is 5.32 Å². The second-order valence-corrected chi connectivity index (χ2v) is 9.71. The summed E-state index contributed by atoms with van der Waals surface area (Å²) in [6.45, 7) is 8.81. The first kappa shape index (κ1) is 20.6. The number of sulfone groups is 1. The van der Waals surface area contributed by atoms with Gasteiger partial charge in [-0.1, -0.05) is 30.3 Å². The minimum atomic E-state index is -3.32. The SMILES string of the molecule is CCOC(=O)[C@H](C)NC(Cc1ccccc1)CS(=O)(=O)C(C)(C)C. The van der Waals surface area contributed by atoms with Crippen molar-refractivity contribution in [3.63, 3.8) is 0 Å². The van der Waals surface area contributed by atoms with Crippen LogP contribution in [0.25, 0.3) is 0 Å². The number of hydrogen-bond donors (Lipinski definition) is 1. The molecule has 1 N–H and O–H groups in total. The summed E-state index contributed by atoms with van der Waals surface area (Å²) in [7, 11) is -3.32. The van der Waals surface area contributed by atoms with Crippen LogP contribution in [0.2, 0.25) is 0 Å². The molecule has 24 heavy (non-hydrogen) atoms. The van der Waals surface area contributed by atoms with Crippen molar-refractivity contribution in [3.8, 4) is 0 Å². The average Bonchev–Trinajstić information content (AvgIpc) is 2.46. The first-order valence-electron chi connectivity index (χ1n) is 8.25. The highest BCUT2D eigenvalue weighted by Gasteiger charge is 2.32. The molecule has 0 bridgehead atoms. The van der Waals surface area contributed by atoms with Gasteiger partial charge in [0.25, 0.3) is 0 Å². The Bertz CT molecular complexity index is 620. The van der Waals surface area contributed by atoms with Crippen LogP contribution in [0.15, 0.2) is 30.3 Å². The van der Waals surface area contributed by atoms with E-state index in [0.717, 1.165) is 5.56 Å². The van der Waals surface area contributed by atoms with E-state index in [9.17, 15) is 13.2 Å². The molecule has 0 amide bonds. The molecule has 1 aromatic carbocycles. The number of hydrogen-bond acceptors (Lipinski definition) is 5. The van der Waals surface area contributed by atoms with E-state index >= 15 is 0 Å². The Labute approximate surface area is 145 Å². The monoisotopic (exact) mass is 355 g/mol. The van der Waals surface area contributed by atoms with Crippen molar-refractivity contribution in [3.05, 3.63) is 35.9 Å². The summed E-state index contributed by atoms with van der Waals surface area (Å²) < 4.78 is 29.3. The lowest BCUT2D eigenvalue weighted by molar-refractivity contribution is -0.145. The van der Waals surface area contributed by atoms with E-state index in [1.165, 1.54) is 0 Å². The van der Waals surface area contributed by atoms with Crippen LogP contribution in [-0.2, 0) is 25.8 Å². The van der Waals surface area contributed by atoms with E-state index in [1.54, 1.807) is 34.6 Å². The lowest BCUT2D eigenvalue weighted by Crippen LogP contribution is -2.48. The van der Waals surface area contributed by atoms with Crippen molar-refractivity contribution in [2.24, 2.45) is 0 Å². The Morgan fingerprint density at radius 2 is 1.79 bits per heavy atom. The standard InChI is InChI=1S/C18H29NO4S/c1-6-23-17(20)14(2)19-16(12-15-10-8-7-9-11-15)13-24(21,22)18(3,4)5/h7-11,14,16,19H,6,12-13H2,1-5H3/t14-,16?/m0/s1. The summed E-state index contributed by atoms with van der Waals surface area (Å²) in [5.41, 5.74) is 1.02. The zero-order valence-corrected chi connectivity index (χ0v) is 16.0. The molecule has 0 aliphatic heterocycles. The molecule has 0 spiro atoms. The maximum atomic E-state index is 12.6. The largest absolute Gasteiger partial charge is 0.465 e. The molecule has 0 aliphatic carbocycles. The Kier molecular flexibility index (Phi) is 7.42. The Morgan fingerprint density at radius 3 is 2.29 bits per heavy atom. The fraction of sp³-hybridized carbons (Fsp3) is 0.611. The van der Waals surface area contributed by atoms with Crippen LogP contribution < -0.4 is 5.32 Å². The fourth-order valence-electron chi connectivity index (χ4n) is 2.27. The smallest absolute Gasteiger partial charge is 0.322 e. The van der Waals surface area contributed by atoms with Gasteiger partial charge in [-0.15, -0.1) is 0 Å². The van der Waals surface area contributed by atoms with Crippen molar-refractivity contribution in [1.29, 1.82) is 0 Å². The quantitative estimate of drug-likeness (QED) is 0.725. The average molecular weight is 356 g/mol. The molecular formula is C18H29NO4S. The van der Waals surface area contributed by atoms with Gasteiger partial charge in [0.05, 0.1) is 17.1 Å². The summed E-state index contributed by atoms with van der Waals surface area (Å²) in [6, 6.07) is 8.73. The summed E-state index contributed by atoms with van der Waals surface area (Å²) in [6.07, 6.45) is 0.528. The number of esters is 1. The molecule has 136 valence electrons. The molecule has 6 heteroatoms. The fourth-order valence-corrected chi connectivity index (χ4v) is 3.51. The van der Waals surface area contributed by atoms with E-state index in [1.807, 2.05) is 30.3 Å². The molecule has 1 unspecified atom stereocenters. The van der Waals surface area contributed by atoms with Crippen LogP contribution >= 0.6 is 0 Å². The molecule has 0 aromatic heterocycles. The van der Waals surface area contributed by atoms with Gasteiger partial charge in [-0.05, 0) is 46.6 Å². The van der Waals surface area contributed by atoms with Gasteiger partial charge in [0.1, 0.15) is 6.04 Å². The second kappa shape index (κ2) is 8.62. The normalized spacial score (nSPS) is 14.9. The highest BCUT2D eigenvalue weighted by atomic mass is 32.2. The predicted molar refractivity (Wildman–Crippen MR) is 96.7 cm³/mol. The highest BCUT2D eigenvalue weighted by molar-refractivity contribution is 7.92.